The molecular weight excluding hydrogens is 166 g/mol. The number of nitrogens with one attached hydrogen (secondary N) is 1. The van der Waals surface area contributed by atoms with Crippen molar-refractivity contribution in [3.63, 3.8) is 0 Å². The van der Waals surface area contributed by atoms with Gasteiger partial charge in [0.05, 0.1) is 0 Å². The van der Waals surface area contributed by atoms with Gasteiger partial charge in [0.1, 0.15) is 11.3 Å². The Kier molecular flexibility index (Phi) is 3.98. The zero-order chi connectivity index (χ0) is 10.6. The molecule has 0 rings (SSSR count). The SMILES string of the molecule is CNC(C(=O)OC(C)(C)C)=C(C)C. The van der Waals surface area contributed by atoms with Crippen molar-refractivity contribution in [1.29, 1.82) is 0 Å². The van der Waals surface area contributed by atoms with Crippen molar-refractivity contribution in [2.45, 2.75) is 40.2 Å². The van der Waals surface area contributed by atoms with Crippen LogP contribution >= 0.6 is 0 Å². The molecule has 0 aliphatic heterocycles. The van der Waals surface area contributed by atoms with E-state index in [2.05, 4.69) is 5.32 Å². The highest BCUT2D eigenvalue weighted by atomic mass is 16.6. The molecule has 0 bridgehead atoms. The second kappa shape index (κ2) is 4.30. The van der Waals surface area contributed by atoms with Crippen molar-refractivity contribution < 1.29 is 9.53 Å². The average molecular weight is 185 g/mol. The third kappa shape index (κ3) is 4.55. The van der Waals surface area contributed by atoms with Crippen LogP contribution in [0.5, 0.6) is 0 Å². The molecule has 0 radical (unpaired) electrons. The summed E-state index contributed by atoms with van der Waals surface area (Å²) in [4.78, 5) is 11.5. The summed E-state index contributed by atoms with van der Waals surface area (Å²) in [6.07, 6.45) is 0. The number of hydrogen-bond donors (Lipinski definition) is 1. The maximum Gasteiger partial charge on any atom is 0.354 e. The second-order valence-corrected chi connectivity index (χ2v) is 4.13. The van der Waals surface area contributed by atoms with E-state index in [-0.39, 0.29) is 5.97 Å². The topological polar surface area (TPSA) is 38.3 Å². The maximum atomic E-state index is 11.5. The first-order valence-corrected chi connectivity index (χ1v) is 4.36. The molecule has 0 fully saturated rings. The lowest BCUT2D eigenvalue weighted by molar-refractivity contribution is -0.150. The van der Waals surface area contributed by atoms with Gasteiger partial charge in [0.25, 0.3) is 0 Å². The average Bonchev–Trinajstić information content (AvgIpc) is 1.82. The highest BCUT2D eigenvalue weighted by Gasteiger charge is 2.19. The van der Waals surface area contributed by atoms with Crippen LogP contribution < -0.4 is 5.32 Å². The normalized spacial score (nSPS) is 10.6. The first-order valence-electron chi connectivity index (χ1n) is 4.36. The Morgan fingerprint density at radius 3 is 1.92 bits per heavy atom. The summed E-state index contributed by atoms with van der Waals surface area (Å²) in [7, 11) is 1.71. The zero-order valence-electron chi connectivity index (χ0n) is 9.32. The predicted octanol–water partition coefficient (Wildman–Crippen LogP) is 1.84. The van der Waals surface area contributed by atoms with Gasteiger partial charge >= 0.3 is 5.97 Å². The van der Waals surface area contributed by atoms with Crippen molar-refractivity contribution in [3.8, 4) is 0 Å². The molecule has 0 saturated heterocycles. The van der Waals surface area contributed by atoms with Crippen molar-refractivity contribution in [3.05, 3.63) is 11.3 Å². The number of likely N-dealkylation sites (N-methyl/N-ethyl adjacent to an activating group) is 1. The molecule has 0 spiro atoms. The van der Waals surface area contributed by atoms with Gasteiger partial charge in [-0.25, -0.2) is 4.79 Å². The summed E-state index contributed by atoms with van der Waals surface area (Å²) in [6, 6.07) is 0. The van der Waals surface area contributed by atoms with Crippen LogP contribution in [0.4, 0.5) is 0 Å². The van der Waals surface area contributed by atoms with E-state index in [9.17, 15) is 4.79 Å². The van der Waals surface area contributed by atoms with Crippen LogP contribution in [-0.2, 0) is 9.53 Å². The predicted molar refractivity (Wildman–Crippen MR) is 53.3 cm³/mol. The highest BCUT2D eigenvalue weighted by molar-refractivity contribution is 5.88. The Morgan fingerprint density at radius 2 is 1.69 bits per heavy atom. The molecule has 3 heteroatoms. The van der Waals surface area contributed by atoms with E-state index in [0.717, 1.165) is 5.57 Å². The quantitative estimate of drug-likeness (QED) is 0.527. The Hall–Kier alpha value is -0.990. The Labute approximate surface area is 80.2 Å². The number of esters is 1. The lowest BCUT2D eigenvalue weighted by Crippen LogP contribution is -2.29. The monoisotopic (exact) mass is 185 g/mol. The van der Waals surface area contributed by atoms with Crippen molar-refractivity contribution >= 4 is 5.97 Å². The maximum absolute atomic E-state index is 11.5. The Bertz CT molecular complexity index is 220. The molecule has 1 N–H and O–H groups in total. The van der Waals surface area contributed by atoms with Gasteiger partial charge in [-0.3, -0.25) is 0 Å². The van der Waals surface area contributed by atoms with E-state index >= 15 is 0 Å². The van der Waals surface area contributed by atoms with E-state index in [4.69, 9.17) is 4.74 Å². The summed E-state index contributed by atoms with van der Waals surface area (Å²) in [5, 5.41) is 2.83. The van der Waals surface area contributed by atoms with Gasteiger partial charge < -0.3 is 10.1 Å². The van der Waals surface area contributed by atoms with Gasteiger partial charge in [0.2, 0.25) is 0 Å². The number of hydrogen-bond acceptors (Lipinski definition) is 3. The lowest BCUT2D eigenvalue weighted by atomic mass is 10.2. The molecule has 0 saturated carbocycles. The van der Waals surface area contributed by atoms with Crippen LogP contribution in [0.3, 0.4) is 0 Å². The molecular formula is C10H19NO2. The summed E-state index contributed by atoms with van der Waals surface area (Å²) in [5.41, 5.74) is 1.03. The second-order valence-electron chi connectivity index (χ2n) is 4.13. The molecule has 0 aromatic rings. The molecule has 0 aromatic carbocycles. The fourth-order valence-corrected chi connectivity index (χ4v) is 0.885. The first-order chi connectivity index (χ1) is 5.78. The fourth-order valence-electron chi connectivity index (χ4n) is 0.885. The molecule has 0 aliphatic carbocycles. The largest absolute Gasteiger partial charge is 0.455 e. The smallest absolute Gasteiger partial charge is 0.354 e. The lowest BCUT2D eigenvalue weighted by Gasteiger charge is -2.20. The third-order valence-corrected chi connectivity index (χ3v) is 1.35. The molecule has 0 aliphatic rings. The Balaban J connectivity index is 4.52. The number of rotatable bonds is 2. The van der Waals surface area contributed by atoms with Crippen LogP contribution in [0.2, 0.25) is 0 Å². The van der Waals surface area contributed by atoms with E-state index in [0.29, 0.717) is 5.70 Å². The van der Waals surface area contributed by atoms with Gasteiger partial charge in [0, 0.05) is 7.05 Å². The molecule has 0 heterocycles. The molecule has 0 amide bonds. The van der Waals surface area contributed by atoms with E-state index < -0.39 is 5.60 Å². The third-order valence-electron chi connectivity index (χ3n) is 1.35. The highest BCUT2D eigenvalue weighted by Crippen LogP contribution is 2.11. The van der Waals surface area contributed by atoms with Crippen LogP contribution in [0.1, 0.15) is 34.6 Å². The first kappa shape index (κ1) is 12.0. The summed E-state index contributed by atoms with van der Waals surface area (Å²) in [5.74, 6) is -0.296. The van der Waals surface area contributed by atoms with E-state index in [1.54, 1.807) is 7.05 Å². The summed E-state index contributed by atoms with van der Waals surface area (Å²) >= 11 is 0. The van der Waals surface area contributed by atoms with Crippen molar-refractivity contribution in [1.82, 2.24) is 5.32 Å². The standard InChI is InChI=1S/C10H19NO2/c1-7(2)8(11-6)9(12)13-10(3,4)5/h11H,1-6H3. The van der Waals surface area contributed by atoms with Gasteiger partial charge in [0.15, 0.2) is 0 Å². The zero-order valence-corrected chi connectivity index (χ0v) is 9.32. The minimum Gasteiger partial charge on any atom is -0.455 e. The van der Waals surface area contributed by atoms with Crippen LogP contribution in [0.15, 0.2) is 11.3 Å². The van der Waals surface area contributed by atoms with Gasteiger partial charge in [-0.1, -0.05) is 0 Å². The number of allylic oxidation sites excluding steroid dienone is 1. The van der Waals surface area contributed by atoms with Crippen LogP contribution in [-0.4, -0.2) is 18.6 Å². The minimum atomic E-state index is -0.436. The minimum absolute atomic E-state index is 0.296. The van der Waals surface area contributed by atoms with Crippen molar-refractivity contribution in [2.24, 2.45) is 0 Å². The molecule has 3 nitrogen and oxygen atoms in total. The number of carbonyl (C=O) groups excluding carboxylic acids is 1. The van der Waals surface area contributed by atoms with Gasteiger partial charge in [-0.2, -0.15) is 0 Å². The molecule has 0 atom stereocenters. The van der Waals surface area contributed by atoms with E-state index in [1.165, 1.54) is 0 Å². The Morgan fingerprint density at radius 1 is 1.23 bits per heavy atom. The van der Waals surface area contributed by atoms with Gasteiger partial charge in [-0.15, -0.1) is 0 Å². The number of carbonyl (C=O) groups is 1. The van der Waals surface area contributed by atoms with Crippen LogP contribution in [0, 0.1) is 0 Å². The van der Waals surface area contributed by atoms with Crippen LogP contribution in [0.25, 0.3) is 0 Å². The molecule has 0 unspecified atom stereocenters. The summed E-state index contributed by atoms with van der Waals surface area (Å²) < 4.78 is 5.19. The van der Waals surface area contributed by atoms with Crippen molar-refractivity contribution in [2.75, 3.05) is 7.05 Å². The van der Waals surface area contributed by atoms with E-state index in [1.807, 2.05) is 34.6 Å². The van der Waals surface area contributed by atoms with Gasteiger partial charge in [-0.05, 0) is 40.2 Å². The fraction of sp³-hybridized carbons (Fsp3) is 0.700. The molecule has 13 heavy (non-hydrogen) atoms. The summed E-state index contributed by atoms with van der Waals surface area (Å²) in [6.45, 7) is 9.29. The molecule has 0 aromatic heterocycles. The number of ether oxygens (including phenoxy) is 1. The molecule has 76 valence electrons.